The van der Waals surface area contributed by atoms with Gasteiger partial charge < -0.3 is 15.5 Å². The summed E-state index contributed by atoms with van der Waals surface area (Å²) in [5, 5.41) is 20.9. The van der Waals surface area contributed by atoms with Crippen molar-refractivity contribution in [2.75, 3.05) is 0 Å². The molecule has 0 heterocycles. The summed E-state index contributed by atoms with van der Waals surface area (Å²) in [7, 11) is 0. The van der Waals surface area contributed by atoms with Crippen molar-refractivity contribution in [3.63, 3.8) is 0 Å². The zero-order valence-electron chi connectivity index (χ0n) is 11.2. The summed E-state index contributed by atoms with van der Waals surface area (Å²) in [5.41, 5.74) is -1.30. The van der Waals surface area contributed by atoms with Crippen molar-refractivity contribution in [2.24, 2.45) is 5.41 Å². The van der Waals surface area contributed by atoms with Gasteiger partial charge >= 0.3 is 5.97 Å². The largest absolute Gasteiger partial charge is 0.481 e. The molecule has 100 valence electrons. The van der Waals surface area contributed by atoms with Crippen LogP contribution in [0.25, 0.3) is 0 Å². The van der Waals surface area contributed by atoms with E-state index < -0.39 is 23.0 Å². The van der Waals surface area contributed by atoms with Gasteiger partial charge in [0.1, 0.15) is 0 Å². The molecule has 0 aliphatic heterocycles. The van der Waals surface area contributed by atoms with Gasteiger partial charge in [0.15, 0.2) is 0 Å². The Morgan fingerprint density at radius 3 is 2.00 bits per heavy atom. The average Bonchev–Trinajstić information content (AvgIpc) is 1.96. The summed E-state index contributed by atoms with van der Waals surface area (Å²) in [4.78, 5) is 22.4. The maximum atomic E-state index is 11.7. The van der Waals surface area contributed by atoms with Gasteiger partial charge in [-0.2, -0.15) is 0 Å². The van der Waals surface area contributed by atoms with Crippen LogP contribution in [0.5, 0.6) is 0 Å². The van der Waals surface area contributed by atoms with Gasteiger partial charge in [-0.1, -0.05) is 13.8 Å². The highest BCUT2D eigenvalue weighted by Gasteiger charge is 2.30. The molecule has 0 saturated carbocycles. The molecule has 0 spiro atoms. The Kier molecular flexibility index (Phi) is 5.13. The summed E-state index contributed by atoms with van der Waals surface area (Å²) in [6.07, 6.45) is -0.612. The fourth-order valence-corrected chi connectivity index (χ4v) is 1.41. The van der Waals surface area contributed by atoms with E-state index in [-0.39, 0.29) is 18.7 Å². The monoisotopic (exact) mass is 245 g/mol. The SMILES string of the molecule is CC(O)C(C)(C)NC(=O)CC(C)(C)CC(=O)O. The van der Waals surface area contributed by atoms with E-state index in [0.717, 1.165) is 0 Å². The van der Waals surface area contributed by atoms with E-state index >= 15 is 0 Å². The number of aliphatic carboxylic acids is 1. The number of carbonyl (C=O) groups excluding carboxylic acids is 1. The predicted octanol–water partition coefficient (Wildman–Crippen LogP) is 1.15. The lowest BCUT2D eigenvalue weighted by Crippen LogP contribution is -2.51. The van der Waals surface area contributed by atoms with Crippen molar-refractivity contribution >= 4 is 11.9 Å². The fraction of sp³-hybridized carbons (Fsp3) is 0.833. The second-order valence-corrected chi connectivity index (χ2v) is 5.86. The molecule has 0 aliphatic carbocycles. The number of hydrogen-bond acceptors (Lipinski definition) is 3. The van der Waals surface area contributed by atoms with Crippen LogP contribution in [0.1, 0.15) is 47.5 Å². The fourth-order valence-electron chi connectivity index (χ4n) is 1.41. The quantitative estimate of drug-likeness (QED) is 0.655. The van der Waals surface area contributed by atoms with Gasteiger partial charge in [-0.25, -0.2) is 0 Å². The number of aliphatic hydroxyl groups is 1. The van der Waals surface area contributed by atoms with Crippen LogP contribution in [-0.2, 0) is 9.59 Å². The lowest BCUT2D eigenvalue weighted by atomic mass is 9.85. The van der Waals surface area contributed by atoms with Crippen LogP contribution >= 0.6 is 0 Å². The number of nitrogens with one attached hydrogen (secondary N) is 1. The average molecular weight is 245 g/mol. The smallest absolute Gasteiger partial charge is 0.303 e. The summed E-state index contributed by atoms with van der Waals surface area (Å²) >= 11 is 0. The molecule has 1 amide bonds. The van der Waals surface area contributed by atoms with E-state index in [9.17, 15) is 14.7 Å². The molecule has 0 bridgehead atoms. The van der Waals surface area contributed by atoms with Gasteiger partial charge in [0.25, 0.3) is 0 Å². The topological polar surface area (TPSA) is 86.6 Å². The molecule has 0 aromatic carbocycles. The third-order valence-electron chi connectivity index (χ3n) is 2.77. The molecule has 0 aromatic rings. The van der Waals surface area contributed by atoms with Crippen molar-refractivity contribution in [1.29, 1.82) is 0 Å². The Morgan fingerprint density at radius 1 is 1.18 bits per heavy atom. The zero-order valence-corrected chi connectivity index (χ0v) is 11.2. The standard InChI is InChI=1S/C12H23NO4/c1-8(14)12(4,5)13-9(15)6-11(2,3)7-10(16)17/h8,14H,6-7H2,1-5H3,(H,13,15)(H,16,17). The molecule has 3 N–H and O–H groups in total. The van der Waals surface area contributed by atoms with Gasteiger partial charge in [-0.05, 0) is 26.2 Å². The first-order valence-corrected chi connectivity index (χ1v) is 5.67. The van der Waals surface area contributed by atoms with E-state index in [0.29, 0.717) is 0 Å². The minimum atomic E-state index is -0.919. The summed E-state index contributed by atoms with van der Waals surface area (Å²) < 4.78 is 0. The molecular weight excluding hydrogens is 222 g/mol. The molecule has 1 atom stereocenters. The Balaban J connectivity index is 4.41. The maximum absolute atomic E-state index is 11.7. The minimum absolute atomic E-state index is 0.0600. The Morgan fingerprint density at radius 2 is 1.65 bits per heavy atom. The number of amides is 1. The number of aliphatic hydroxyl groups excluding tert-OH is 1. The summed E-state index contributed by atoms with van der Waals surface area (Å²) in [6, 6.07) is 0. The predicted molar refractivity (Wildman–Crippen MR) is 64.6 cm³/mol. The molecule has 5 nitrogen and oxygen atoms in total. The molecule has 17 heavy (non-hydrogen) atoms. The van der Waals surface area contributed by atoms with E-state index in [1.165, 1.54) is 0 Å². The van der Waals surface area contributed by atoms with Crippen LogP contribution in [0.2, 0.25) is 0 Å². The molecule has 0 rings (SSSR count). The highest BCUT2D eigenvalue weighted by Crippen LogP contribution is 2.25. The van der Waals surface area contributed by atoms with Crippen LogP contribution < -0.4 is 5.32 Å². The molecule has 5 heteroatoms. The third-order valence-corrected chi connectivity index (χ3v) is 2.77. The van der Waals surface area contributed by atoms with Crippen LogP contribution in [-0.4, -0.2) is 33.7 Å². The van der Waals surface area contributed by atoms with Crippen LogP contribution in [0.4, 0.5) is 0 Å². The molecule has 0 aliphatic rings. The van der Waals surface area contributed by atoms with Crippen molar-refractivity contribution in [1.82, 2.24) is 5.32 Å². The number of rotatable bonds is 6. The summed E-state index contributed by atoms with van der Waals surface area (Å²) in [6.45, 7) is 8.51. The second-order valence-electron chi connectivity index (χ2n) is 5.86. The first-order valence-electron chi connectivity index (χ1n) is 5.67. The zero-order chi connectivity index (χ0) is 13.9. The Labute approximate surface area is 102 Å². The number of carbonyl (C=O) groups is 2. The van der Waals surface area contributed by atoms with Crippen LogP contribution in [0.3, 0.4) is 0 Å². The van der Waals surface area contributed by atoms with Crippen molar-refractivity contribution in [3.8, 4) is 0 Å². The van der Waals surface area contributed by atoms with Gasteiger partial charge in [-0.15, -0.1) is 0 Å². The number of hydrogen-bond donors (Lipinski definition) is 3. The third kappa shape index (κ3) is 6.26. The normalized spacial score (nSPS) is 14.2. The van der Waals surface area contributed by atoms with Gasteiger partial charge in [-0.3, -0.25) is 9.59 Å². The highest BCUT2D eigenvalue weighted by molar-refractivity contribution is 5.78. The molecule has 0 aromatic heterocycles. The maximum Gasteiger partial charge on any atom is 0.303 e. The molecular formula is C12H23NO4. The van der Waals surface area contributed by atoms with Gasteiger partial charge in [0.05, 0.1) is 18.1 Å². The van der Waals surface area contributed by atoms with Crippen LogP contribution in [0, 0.1) is 5.41 Å². The summed E-state index contributed by atoms with van der Waals surface area (Å²) in [5.74, 6) is -1.17. The Hall–Kier alpha value is -1.10. The van der Waals surface area contributed by atoms with Gasteiger partial charge in [0.2, 0.25) is 5.91 Å². The number of carboxylic acids is 1. The van der Waals surface area contributed by atoms with Gasteiger partial charge in [0, 0.05) is 6.42 Å². The van der Waals surface area contributed by atoms with E-state index in [1.807, 2.05) is 0 Å². The second kappa shape index (κ2) is 5.49. The highest BCUT2D eigenvalue weighted by atomic mass is 16.4. The van der Waals surface area contributed by atoms with Crippen molar-refractivity contribution < 1.29 is 19.8 Å². The molecule has 0 radical (unpaired) electrons. The van der Waals surface area contributed by atoms with Crippen LogP contribution in [0.15, 0.2) is 0 Å². The minimum Gasteiger partial charge on any atom is -0.481 e. The first kappa shape index (κ1) is 15.9. The van der Waals surface area contributed by atoms with E-state index in [1.54, 1.807) is 34.6 Å². The molecule has 0 fully saturated rings. The van der Waals surface area contributed by atoms with E-state index in [2.05, 4.69) is 5.32 Å². The van der Waals surface area contributed by atoms with E-state index in [4.69, 9.17) is 5.11 Å². The van der Waals surface area contributed by atoms with Crippen molar-refractivity contribution in [2.45, 2.75) is 59.1 Å². The Bertz CT molecular complexity index is 295. The lowest BCUT2D eigenvalue weighted by Gasteiger charge is -2.31. The molecule has 1 unspecified atom stereocenters. The first-order chi connectivity index (χ1) is 7.46. The number of carboxylic acid groups (broad SMARTS) is 1. The van der Waals surface area contributed by atoms with Crippen molar-refractivity contribution in [3.05, 3.63) is 0 Å². The lowest BCUT2D eigenvalue weighted by molar-refractivity contribution is -0.139. The molecule has 0 saturated heterocycles.